The SMILES string of the molecule is NC(N)=NCCCC(NC(=O)C(CO)NC(=O)C(CCC(=O)O)NC(=O)C(N)Cc1ccc(O)cc1)C(=O)O. The van der Waals surface area contributed by atoms with Crippen LogP contribution in [-0.2, 0) is 30.4 Å². The van der Waals surface area contributed by atoms with Gasteiger partial charge in [0.05, 0.1) is 12.6 Å². The van der Waals surface area contributed by atoms with Gasteiger partial charge >= 0.3 is 11.9 Å². The van der Waals surface area contributed by atoms with Crippen LogP contribution in [0.1, 0.15) is 31.2 Å². The Balaban J connectivity index is 2.85. The van der Waals surface area contributed by atoms with Crippen molar-refractivity contribution in [1.82, 2.24) is 16.0 Å². The summed E-state index contributed by atoms with van der Waals surface area (Å²) in [6.07, 6.45) is -0.681. The number of aliphatic hydroxyl groups excluding tert-OH is 1. The van der Waals surface area contributed by atoms with E-state index in [-0.39, 0.29) is 43.9 Å². The van der Waals surface area contributed by atoms with Crippen molar-refractivity contribution in [1.29, 1.82) is 0 Å². The first-order chi connectivity index (χ1) is 18.3. The first kappa shape index (κ1) is 32.6. The van der Waals surface area contributed by atoms with Crippen LogP contribution in [0, 0.1) is 0 Å². The van der Waals surface area contributed by atoms with Gasteiger partial charge in [-0.2, -0.15) is 0 Å². The molecule has 3 amide bonds. The van der Waals surface area contributed by atoms with Crippen molar-refractivity contribution < 1.29 is 44.4 Å². The van der Waals surface area contributed by atoms with Crippen LogP contribution in [0.3, 0.4) is 0 Å². The highest BCUT2D eigenvalue weighted by Gasteiger charge is 2.30. The molecule has 0 bridgehead atoms. The highest BCUT2D eigenvalue weighted by molar-refractivity contribution is 5.94. The number of nitrogens with two attached hydrogens (primary N) is 3. The predicted octanol–water partition coefficient (Wildman–Crippen LogP) is -3.29. The maximum absolute atomic E-state index is 12.8. The van der Waals surface area contributed by atoms with E-state index in [2.05, 4.69) is 20.9 Å². The molecule has 4 atom stereocenters. The van der Waals surface area contributed by atoms with Crippen LogP contribution in [0.4, 0.5) is 0 Å². The molecule has 4 unspecified atom stereocenters. The monoisotopic (exact) mass is 553 g/mol. The molecule has 1 aromatic carbocycles. The number of hydrogen-bond acceptors (Lipinski definition) is 9. The lowest BCUT2D eigenvalue weighted by Gasteiger charge is -2.24. The number of carbonyl (C=O) groups is 5. The number of amides is 3. The molecule has 1 aromatic rings. The Hall–Kier alpha value is -4.44. The number of carboxylic acids is 2. The highest BCUT2D eigenvalue weighted by atomic mass is 16.4. The number of aliphatic carboxylic acids is 2. The van der Waals surface area contributed by atoms with Crippen molar-refractivity contribution in [3.05, 3.63) is 29.8 Å². The number of aliphatic hydroxyl groups is 1. The molecular formula is C23H35N7O9. The van der Waals surface area contributed by atoms with Crippen molar-refractivity contribution in [3.8, 4) is 5.75 Å². The van der Waals surface area contributed by atoms with E-state index in [0.717, 1.165) is 0 Å². The smallest absolute Gasteiger partial charge is 0.326 e. The summed E-state index contributed by atoms with van der Waals surface area (Å²) in [6.45, 7) is -0.806. The molecule has 0 aliphatic heterocycles. The van der Waals surface area contributed by atoms with Crippen molar-refractivity contribution in [3.63, 3.8) is 0 Å². The fraction of sp³-hybridized carbons (Fsp3) is 0.478. The topological polar surface area (TPSA) is 293 Å². The second-order valence-corrected chi connectivity index (χ2v) is 8.56. The van der Waals surface area contributed by atoms with E-state index in [1.165, 1.54) is 12.1 Å². The fourth-order valence-corrected chi connectivity index (χ4v) is 3.29. The van der Waals surface area contributed by atoms with E-state index in [0.29, 0.717) is 5.56 Å². The molecule has 0 heterocycles. The zero-order chi connectivity index (χ0) is 29.5. The number of carboxylic acid groups (broad SMARTS) is 2. The van der Waals surface area contributed by atoms with E-state index in [4.69, 9.17) is 22.3 Å². The summed E-state index contributed by atoms with van der Waals surface area (Å²) in [4.78, 5) is 64.3. The summed E-state index contributed by atoms with van der Waals surface area (Å²) < 4.78 is 0. The Morgan fingerprint density at radius 1 is 0.846 bits per heavy atom. The average Bonchev–Trinajstić information content (AvgIpc) is 2.87. The lowest BCUT2D eigenvalue weighted by Crippen LogP contribution is -2.58. The number of guanidine groups is 1. The molecule has 13 N–H and O–H groups in total. The summed E-state index contributed by atoms with van der Waals surface area (Å²) in [5.41, 5.74) is 16.9. The van der Waals surface area contributed by atoms with Crippen LogP contribution in [0.2, 0.25) is 0 Å². The third-order valence-corrected chi connectivity index (χ3v) is 5.38. The Morgan fingerprint density at radius 3 is 1.95 bits per heavy atom. The van der Waals surface area contributed by atoms with Gasteiger partial charge in [0.1, 0.15) is 23.9 Å². The minimum absolute atomic E-state index is 0.0188. The Bertz CT molecular complexity index is 1030. The predicted molar refractivity (Wildman–Crippen MR) is 137 cm³/mol. The largest absolute Gasteiger partial charge is 0.508 e. The van der Waals surface area contributed by atoms with E-state index in [9.17, 15) is 39.3 Å². The first-order valence-corrected chi connectivity index (χ1v) is 11.9. The minimum atomic E-state index is -1.60. The van der Waals surface area contributed by atoms with Gasteiger partial charge < -0.3 is 53.6 Å². The minimum Gasteiger partial charge on any atom is -0.508 e. The lowest BCUT2D eigenvalue weighted by atomic mass is 10.0. The van der Waals surface area contributed by atoms with Gasteiger partial charge in [0.25, 0.3) is 0 Å². The van der Waals surface area contributed by atoms with Gasteiger partial charge in [-0.05, 0) is 43.4 Å². The van der Waals surface area contributed by atoms with E-state index in [1.807, 2.05) is 0 Å². The number of rotatable bonds is 17. The molecule has 0 aliphatic rings. The molecule has 0 aromatic heterocycles. The fourth-order valence-electron chi connectivity index (χ4n) is 3.29. The molecule has 0 radical (unpaired) electrons. The number of phenolic OH excluding ortho intramolecular Hbond substituents is 1. The Morgan fingerprint density at radius 2 is 1.41 bits per heavy atom. The summed E-state index contributed by atoms with van der Waals surface area (Å²) >= 11 is 0. The highest BCUT2D eigenvalue weighted by Crippen LogP contribution is 2.11. The molecular weight excluding hydrogens is 518 g/mol. The van der Waals surface area contributed by atoms with Crippen LogP contribution in [0.15, 0.2) is 29.3 Å². The van der Waals surface area contributed by atoms with Crippen molar-refractivity contribution in [2.75, 3.05) is 13.2 Å². The van der Waals surface area contributed by atoms with Gasteiger partial charge in [-0.1, -0.05) is 12.1 Å². The number of phenols is 1. The van der Waals surface area contributed by atoms with E-state index >= 15 is 0 Å². The van der Waals surface area contributed by atoms with E-state index < -0.39 is 66.9 Å². The van der Waals surface area contributed by atoms with Gasteiger partial charge in [0, 0.05) is 13.0 Å². The number of aromatic hydroxyl groups is 1. The molecule has 0 saturated heterocycles. The van der Waals surface area contributed by atoms with E-state index in [1.54, 1.807) is 12.1 Å². The summed E-state index contributed by atoms with van der Waals surface area (Å²) in [5.74, 6) is -5.58. The Labute approximate surface area is 223 Å². The van der Waals surface area contributed by atoms with Gasteiger partial charge in [-0.15, -0.1) is 0 Å². The van der Waals surface area contributed by atoms with Crippen LogP contribution in [-0.4, -0.2) is 93.4 Å². The zero-order valence-electron chi connectivity index (χ0n) is 21.1. The molecule has 216 valence electrons. The van der Waals surface area contributed by atoms with Crippen molar-refractivity contribution >= 4 is 35.6 Å². The number of hydrogen-bond donors (Lipinski definition) is 10. The number of carbonyl (C=O) groups excluding carboxylic acids is 3. The standard InChI is InChI=1S/C23H35N7O9/c24-14(10-12-3-5-13(32)6-4-12)19(35)28-15(7-8-18(33)34)20(36)30-17(11-31)21(37)29-16(22(38)39)2-1-9-27-23(25)26/h3-6,14-17,31-32H,1-2,7-11,24H2,(H,28,35)(H,29,37)(H,30,36)(H,33,34)(H,38,39)(H4,25,26,27). The first-order valence-electron chi connectivity index (χ1n) is 11.9. The number of nitrogens with one attached hydrogen (secondary N) is 3. The van der Waals surface area contributed by atoms with Crippen LogP contribution >= 0.6 is 0 Å². The number of aliphatic imine (C=N–C) groups is 1. The third kappa shape index (κ3) is 12.6. The molecule has 0 aliphatic carbocycles. The van der Waals surface area contributed by atoms with Crippen molar-refractivity contribution in [2.24, 2.45) is 22.2 Å². The number of nitrogens with zero attached hydrogens (tertiary/aromatic N) is 1. The number of benzene rings is 1. The molecule has 0 saturated carbocycles. The third-order valence-electron chi connectivity index (χ3n) is 5.38. The van der Waals surface area contributed by atoms with Crippen LogP contribution < -0.4 is 33.2 Å². The quantitative estimate of drug-likeness (QED) is 0.0516. The molecule has 0 spiro atoms. The Kier molecular flexibility index (Phi) is 13.7. The molecule has 0 fully saturated rings. The molecule has 39 heavy (non-hydrogen) atoms. The maximum Gasteiger partial charge on any atom is 0.326 e. The van der Waals surface area contributed by atoms with Gasteiger partial charge in [-0.3, -0.25) is 24.2 Å². The zero-order valence-corrected chi connectivity index (χ0v) is 21.1. The lowest BCUT2D eigenvalue weighted by molar-refractivity contribution is -0.142. The molecule has 1 rings (SSSR count). The van der Waals surface area contributed by atoms with Gasteiger partial charge in [-0.25, -0.2) is 4.79 Å². The summed E-state index contributed by atoms with van der Waals surface area (Å²) in [7, 11) is 0. The van der Waals surface area contributed by atoms with Gasteiger partial charge in [0.2, 0.25) is 17.7 Å². The second-order valence-electron chi connectivity index (χ2n) is 8.56. The average molecular weight is 554 g/mol. The maximum atomic E-state index is 12.8. The summed E-state index contributed by atoms with van der Waals surface area (Å²) in [5, 5.41) is 44.1. The van der Waals surface area contributed by atoms with Crippen LogP contribution in [0.25, 0.3) is 0 Å². The second kappa shape index (κ2) is 16.4. The normalized spacial score (nSPS) is 13.7. The molecule has 16 nitrogen and oxygen atoms in total. The van der Waals surface area contributed by atoms with Gasteiger partial charge in [0.15, 0.2) is 5.96 Å². The van der Waals surface area contributed by atoms with Crippen LogP contribution in [0.5, 0.6) is 5.75 Å². The molecule has 16 heteroatoms. The summed E-state index contributed by atoms with van der Waals surface area (Å²) in [6, 6.07) is 0.354. The van der Waals surface area contributed by atoms with Crippen molar-refractivity contribution in [2.45, 2.75) is 56.3 Å².